The fourth-order valence-electron chi connectivity index (χ4n) is 6.15. The Balaban J connectivity index is 0.000000225. The highest BCUT2D eigenvalue weighted by Gasteiger charge is 2.51. The first-order chi connectivity index (χ1) is 16.9. The van der Waals surface area contributed by atoms with Crippen LogP contribution in [0.2, 0.25) is 0 Å². The number of rotatable bonds is 5. The predicted octanol–water partition coefficient (Wildman–Crippen LogP) is 10.5. The fraction of sp³-hybridized carbons (Fsp3) is 0.606. The zero-order chi connectivity index (χ0) is 25.8. The molecule has 2 atom stereocenters. The maximum atomic E-state index is 13.9. The highest BCUT2D eigenvalue weighted by atomic mass is 32.1. The molecule has 0 bridgehead atoms. The van der Waals surface area contributed by atoms with Crippen molar-refractivity contribution in [3.8, 4) is 0 Å². The number of benzene rings is 2. The lowest BCUT2D eigenvalue weighted by Crippen LogP contribution is -2.10. The van der Waals surface area contributed by atoms with E-state index >= 15 is 0 Å². The van der Waals surface area contributed by atoms with E-state index in [9.17, 15) is 4.39 Å². The van der Waals surface area contributed by atoms with Crippen molar-refractivity contribution in [3.63, 3.8) is 0 Å². The summed E-state index contributed by atoms with van der Waals surface area (Å²) in [5, 5.41) is 0. The maximum absolute atomic E-state index is 13.9. The number of thiocarbonyl (C=S) groups is 1. The zero-order valence-electron chi connectivity index (χ0n) is 22.9. The molecule has 35 heavy (non-hydrogen) atoms. The monoisotopic (exact) mass is 496 g/mol. The summed E-state index contributed by atoms with van der Waals surface area (Å²) in [5.41, 5.74) is 2.46. The van der Waals surface area contributed by atoms with Crippen molar-refractivity contribution in [1.82, 2.24) is 0 Å². The second-order valence-electron chi connectivity index (χ2n) is 11.0. The van der Waals surface area contributed by atoms with Crippen molar-refractivity contribution in [3.05, 3.63) is 71.3 Å². The molecule has 5 rings (SSSR count). The van der Waals surface area contributed by atoms with Gasteiger partial charge in [0, 0.05) is 0 Å². The third-order valence-electron chi connectivity index (χ3n) is 8.25. The highest BCUT2D eigenvalue weighted by molar-refractivity contribution is 7.77. The Bertz CT molecular complexity index is 822. The van der Waals surface area contributed by atoms with Gasteiger partial charge in [0.2, 0.25) is 0 Å². The van der Waals surface area contributed by atoms with E-state index in [0.717, 1.165) is 41.6 Å². The van der Waals surface area contributed by atoms with Crippen LogP contribution in [0.3, 0.4) is 0 Å². The molecule has 3 aliphatic carbocycles. The van der Waals surface area contributed by atoms with Crippen molar-refractivity contribution in [1.29, 1.82) is 0 Å². The second-order valence-corrected chi connectivity index (χ2v) is 11.0. The summed E-state index contributed by atoms with van der Waals surface area (Å²) < 4.78 is 13.9. The van der Waals surface area contributed by atoms with Crippen LogP contribution < -0.4 is 0 Å². The van der Waals surface area contributed by atoms with E-state index in [4.69, 9.17) is 0 Å². The van der Waals surface area contributed by atoms with Crippen LogP contribution in [-0.4, -0.2) is 5.87 Å². The summed E-state index contributed by atoms with van der Waals surface area (Å²) in [4.78, 5) is 0. The molecule has 194 valence electrons. The van der Waals surface area contributed by atoms with Gasteiger partial charge in [0.25, 0.3) is 0 Å². The van der Waals surface area contributed by atoms with Gasteiger partial charge in [0.15, 0.2) is 0 Å². The van der Waals surface area contributed by atoms with Crippen molar-refractivity contribution < 1.29 is 4.39 Å². The van der Waals surface area contributed by atoms with Gasteiger partial charge in [-0.3, -0.25) is 0 Å². The molecule has 2 aromatic carbocycles. The Hall–Kier alpha value is -1.54. The Morgan fingerprint density at radius 2 is 1.46 bits per heavy atom. The third-order valence-corrected chi connectivity index (χ3v) is 8.25. The topological polar surface area (TPSA) is 0 Å². The predicted molar refractivity (Wildman–Crippen MR) is 156 cm³/mol. The molecule has 0 nitrogen and oxygen atoms in total. The van der Waals surface area contributed by atoms with E-state index in [2.05, 4.69) is 67.5 Å². The Labute approximate surface area is 221 Å². The summed E-state index contributed by atoms with van der Waals surface area (Å²) in [6.45, 7) is 9.65. The Morgan fingerprint density at radius 3 is 2.03 bits per heavy atom. The molecule has 0 saturated heterocycles. The molecule has 0 amide bonds. The first-order valence-electron chi connectivity index (χ1n) is 14.0. The van der Waals surface area contributed by atoms with E-state index < -0.39 is 5.67 Å². The minimum atomic E-state index is -1.22. The lowest BCUT2D eigenvalue weighted by molar-refractivity contribution is 0.221. The molecule has 2 heteroatoms. The van der Waals surface area contributed by atoms with Gasteiger partial charge in [-0.1, -0.05) is 107 Å². The molecule has 0 radical (unpaired) electrons. The van der Waals surface area contributed by atoms with Crippen LogP contribution in [-0.2, 0) is 12.1 Å². The van der Waals surface area contributed by atoms with Gasteiger partial charge in [-0.05, 0) is 105 Å². The van der Waals surface area contributed by atoms with Crippen LogP contribution in [0.5, 0.6) is 0 Å². The van der Waals surface area contributed by atoms with Gasteiger partial charge in [0.05, 0.1) is 0 Å². The van der Waals surface area contributed by atoms with Crippen molar-refractivity contribution in [2.24, 2.45) is 23.7 Å². The zero-order valence-corrected chi connectivity index (χ0v) is 23.8. The third kappa shape index (κ3) is 9.12. The van der Waals surface area contributed by atoms with Crippen LogP contribution in [0.15, 0.2) is 54.6 Å². The van der Waals surface area contributed by atoms with E-state index in [1.54, 1.807) is 19.4 Å². The largest absolute Gasteiger partial charge is 0.239 e. The summed E-state index contributed by atoms with van der Waals surface area (Å²) in [6.07, 6.45) is 12.4. The molecule has 0 heterocycles. The average Bonchev–Trinajstić information content (AvgIpc) is 3.32. The first-order valence-corrected chi connectivity index (χ1v) is 14.6. The lowest BCUT2D eigenvalue weighted by Gasteiger charge is -2.26. The molecule has 0 N–H and O–H groups in total. The Morgan fingerprint density at radius 1 is 0.857 bits per heavy atom. The van der Waals surface area contributed by atoms with E-state index in [0.29, 0.717) is 0 Å². The lowest BCUT2D eigenvalue weighted by atomic mass is 9.79. The van der Waals surface area contributed by atoms with Crippen LogP contribution in [0.4, 0.5) is 4.39 Å². The molecule has 0 aromatic heterocycles. The van der Waals surface area contributed by atoms with Crippen LogP contribution in [0.1, 0.15) is 109 Å². The molecule has 3 aliphatic rings. The average molecular weight is 497 g/mol. The standard InChI is InChI=1S/C17H23F.C13H18.C2H6.CH2S/c1-17(2,18)13-6-3-5-12(11-13)9-10-16-14-7-4-8-15(14)16;1-11-7-9-13(10-8-11)12-5-3-2-4-6-12;2*1-2/h3,5-6,11,14-16H,4,7-10H2,1-2H3;2-6,11,13H,7-10H2,1H3;1-2H3;1H2. The smallest absolute Gasteiger partial charge is 0.130 e. The van der Waals surface area contributed by atoms with Gasteiger partial charge in [0.1, 0.15) is 5.67 Å². The fourth-order valence-corrected chi connectivity index (χ4v) is 6.15. The molecule has 3 fully saturated rings. The molecule has 3 saturated carbocycles. The molecular formula is C33H49FS. The number of aryl methyl sites for hydroxylation is 1. The van der Waals surface area contributed by atoms with E-state index in [-0.39, 0.29) is 0 Å². The number of fused-ring (bicyclic) bond motifs is 1. The van der Waals surface area contributed by atoms with E-state index in [1.165, 1.54) is 56.9 Å². The molecule has 0 aliphatic heterocycles. The van der Waals surface area contributed by atoms with Gasteiger partial charge in [-0.15, -0.1) is 0 Å². The molecule has 0 spiro atoms. The Kier molecular flexibility index (Phi) is 12.6. The molecule has 2 unspecified atom stereocenters. The van der Waals surface area contributed by atoms with Crippen LogP contribution in [0.25, 0.3) is 0 Å². The van der Waals surface area contributed by atoms with E-state index in [1.807, 2.05) is 26.0 Å². The maximum Gasteiger partial charge on any atom is 0.130 e. The summed E-state index contributed by atoms with van der Waals surface area (Å²) in [5.74, 6) is 7.72. The first kappa shape index (κ1) is 29.7. The number of hydrogen-bond donors (Lipinski definition) is 0. The molecule has 2 aromatic rings. The quantitative estimate of drug-likeness (QED) is 0.371. The SMILES string of the molecule is C=S.CC.CC(C)(F)c1cccc(CCC2C3CCCC32)c1.CC1CCC(c2ccccc2)CC1. The normalized spacial score (nSPS) is 26.5. The van der Waals surface area contributed by atoms with Gasteiger partial charge < -0.3 is 0 Å². The second kappa shape index (κ2) is 14.9. The van der Waals surface area contributed by atoms with Crippen LogP contribution >= 0.6 is 12.2 Å². The van der Waals surface area contributed by atoms with Gasteiger partial charge in [-0.25, -0.2) is 4.39 Å². The number of alkyl halides is 1. The molecular weight excluding hydrogens is 447 g/mol. The summed E-state index contributed by atoms with van der Waals surface area (Å²) in [7, 11) is 0. The number of halogens is 1. The van der Waals surface area contributed by atoms with Gasteiger partial charge >= 0.3 is 0 Å². The minimum Gasteiger partial charge on any atom is -0.239 e. The van der Waals surface area contributed by atoms with Crippen molar-refractivity contribution in [2.45, 2.75) is 104 Å². The number of hydrogen-bond acceptors (Lipinski definition) is 1. The van der Waals surface area contributed by atoms with Gasteiger partial charge in [-0.2, -0.15) is 0 Å². The summed E-state index contributed by atoms with van der Waals surface area (Å²) >= 11 is 3.83. The van der Waals surface area contributed by atoms with Crippen LogP contribution in [0, 0.1) is 23.7 Å². The summed E-state index contributed by atoms with van der Waals surface area (Å²) in [6, 6.07) is 19.1. The minimum absolute atomic E-state index is 0.816. The highest BCUT2D eigenvalue weighted by Crippen LogP contribution is 2.59. The van der Waals surface area contributed by atoms with Crippen molar-refractivity contribution in [2.75, 3.05) is 0 Å². The van der Waals surface area contributed by atoms with Crippen molar-refractivity contribution >= 4 is 18.1 Å².